The number of amides is 3. The van der Waals surface area contributed by atoms with Crippen molar-refractivity contribution in [2.75, 3.05) is 32.2 Å². The summed E-state index contributed by atoms with van der Waals surface area (Å²) in [5, 5.41) is 3.03. The minimum atomic E-state index is -0.396. The quantitative estimate of drug-likeness (QED) is 0.318. The van der Waals surface area contributed by atoms with Crippen LogP contribution in [0.2, 0.25) is 5.02 Å². The standard InChI is InChI=1S/C28H25ClN2O6S/c1-18-5-3-4-6-22(18)30-26(32)17-37-23-12-7-19(15-24(23)35-2)16-25-27(33)31(28(34)38-25)13-14-36-21-10-8-20(29)9-11-21/h3-12,15-16H,13-14,17H2,1-2H3,(H,30,32)/b25-16-. The number of anilines is 1. The summed E-state index contributed by atoms with van der Waals surface area (Å²) in [7, 11) is 1.48. The molecule has 0 radical (unpaired) electrons. The van der Waals surface area contributed by atoms with Crippen molar-refractivity contribution in [1.82, 2.24) is 4.90 Å². The van der Waals surface area contributed by atoms with Crippen LogP contribution < -0.4 is 19.5 Å². The molecule has 3 aromatic carbocycles. The van der Waals surface area contributed by atoms with Crippen molar-refractivity contribution in [3.8, 4) is 17.2 Å². The number of nitrogens with one attached hydrogen (secondary N) is 1. The number of para-hydroxylation sites is 1. The molecule has 8 nitrogen and oxygen atoms in total. The fourth-order valence-electron chi connectivity index (χ4n) is 3.57. The Kier molecular flexibility index (Phi) is 8.93. The maximum atomic E-state index is 12.8. The molecular weight excluding hydrogens is 528 g/mol. The second kappa shape index (κ2) is 12.5. The summed E-state index contributed by atoms with van der Waals surface area (Å²) in [6, 6.07) is 19.3. The second-order valence-electron chi connectivity index (χ2n) is 8.20. The number of thioether (sulfide) groups is 1. The van der Waals surface area contributed by atoms with E-state index in [1.165, 1.54) is 7.11 Å². The topological polar surface area (TPSA) is 94.2 Å². The van der Waals surface area contributed by atoms with E-state index in [4.69, 9.17) is 25.8 Å². The number of nitrogens with zero attached hydrogens (tertiary/aromatic N) is 1. The number of methoxy groups -OCH3 is 1. The van der Waals surface area contributed by atoms with Crippen LogP contribution in [0.25, 0.3) is 6.08 Å². The predicted molar refractivity (Wildman–Crippen MR) is 148 cm³/mol. The molecular formula is C28H25ClN2O6S. The van der Waals surface area contributed by atoms with Gasteiger partial charge in [0.15, 0.2) is 18.1 Å². The Hall–Kier alpha value is -3.95. The second-order valence-corrected chi connectivity index (χ2v) is 9.63. The molecule has 10 heteroatoms. The Morgan fingerprint density at radius 2 is 1.79 bits per heavy atom. The average Bonchev–Trinajstić information content (AvgIpc) is 3.17. The molecule has 1 N–H and O–H groups in total. The lowest BCUT2D eigenvalue weighted by molar-refractivity contribution is -0.123. The van der Waals surface area contributed by atoms with Gasteiger partial charge in [0.1, 0.15) is 12.4 Å². The molecule has 0 bridgehead atoms. The molecule has 3 aromatic rings. The summed E-state index contributed by atoms with van der Waals surface area (Å²) < 4.78 is 16.7. The number of aryl methyl sites for hydroxylation is 1. The first-order chi connectivity index (χ1) is 18.3. The van der Waals surface area contributed by atoms with Crippen LogP contribution in [0.15, 0.2) is 71.6 Å². The molecule has 1 heterocycles. The molecule has 0 spiro atoms. The van der Waals surface area contributed by atoms with E-state index in [-0.39, 0.29) is 35.8 Å². The Bertz CT molecular complexity index is 1380. The van der Waals surface area contributed by atoms with Crippen molar-refractivity contribution in [2.24, 2.45) is 0 Å². The molecule has 1 aliphatic heterocycles. The van der Waals surface area contributed by atoms with Gasteiger partial charge in [0.25, 0.3) is 17.1 Å². The number of rotatable bonds is 10. The lowest BCUT2D eigenvalue weighted by atomic mass is 10.2. The Morgan fingerprint density at radius 1 is 1.03 bits per heavy atom. The molecule has 1 aliphatic rings. The highest BCUT2D eigenvalue weighted by molar-refractivity contribution is 8.18. The zero-order valence-electron chi connectivity index (χ0n) is 20.7. The lowest BCUT2D eigenvalue weighted by Crippen LogP contribution is -2.32. The smallest absolute Gasteiger partial charge is 0.293 e. The van der Waals surface area contributed by atoms with Gasteiger partial charge in [-0.15, -0.1) is 0 Å². The Morgan fingerprint density at radius 3 is 2.53 bits per heavy atom. The van der Waals surface area contributed by atoms with E-state index in [1.807, 2.05) is 31.2 Å². The predicted octanol–water partition coefficient (Wildman–Crippen LogP) is 5.79. The molecule has 0 aliphatic carbocycles. The third-order valence-electron chi connectivity index (χ3n) is 5.53. The Balaban J connectivity index is 1.35. The van der Waals surface area contributed by atoms with Gasteiger partial charge in [-0.05, 0) is 78.4 Å². The summed E-state index contributed by atoms with van der Waals surface area (Å²) >= 11 is 6.72. The number of carbonyl (C=O) groups excluding carboxylic acids is 3. The third-order valence-corrected chi connectivity index (χ3v) is 6.69. The van der Waals surface area contributed by atoms with Crippen LogP contribution in [0.3, 0.4) is 0 Å². The molecule has 196 valence electrons. The van der Waals surface area contributed by atoms with Crippen molar-refractivity contribution >= 4 is 52.2 Å². The fraction of sp³-hybridized carbons (Fsp3) is 0.179. The van der Waals surface area contributed by atoms with E-state index in [9.17, 15) is 14.4 Å². The zero-order chi connectivity index (χ0) is 27.1. The number of hydrogen-bond donors (Lipinski definition) is 1. The lowest BCUT2D eigenvalue weighted by Gasteiger charge is -2.13. The van der Waals surface area contributed by atoms with Crippen LogP contribution in [-0.4, -0.2) is 48.8 Å². The van der Waals surface area contributed by atoms with Gasteiger partial charge >= 0.3 is 0 Å². The van der Waals surface area contributed by atoms with Crippen molar-refractivity contribution in [3.05, 3.63) is 87.8 Å². The molecule has 1 fully saturated rings. The van der Waals surface area contributed by atoms with Gasteiger partial charge in [-0.1, -0.05) is 35.9 Å². The number of imide groups is 1. The van der Waals surface area contributed by atoms with E-state index < -0.39 is 5.91 Å². The highest BCUT2D eigenvalue weighted by Crippen LogP contribution is 2.34. The van der Waals surface area contributed by atoms with Crippen molar-refractivity contribution in [3.63, 3.8) is 0 Å². The summed E-state index contributed by atoms with van der Waals surface area (Å²) in [5.74, 6) is 0.653. The summed E-state index contributed by atoms with van der Waals surface area (Å²) in [6.45, 7) is 1.97. The molecule has 3 amide bonds. The monoisotopic (exact) mass is 552 g/mol. The summed E-state index contributed by atoms with van der Waals surface area (Å²) in [6.07, 6.45) is 1.61. The fourth-order valence-corrected chi connectivity index (χ4v) is 4.56. The number of ether oxygens (including phenoxy) is 3. The maximum absolute atomic E-state index is 12.8. The molecule has 38 heavy (non-hydrogen) atoms. The number of halogens is 1. The number of benzene rings is 3. The van der Waals surface area contributed by atoms with Gasteiger partial charge in [0.05, 0.1) is 18.6 Å². The zero-order valence-corrected chi connectivity index (χ0v) is 22.3. The minimum Gasteiger partial charge on any atom is -0.493 e. The molecule has 0 atom stereocenters. The van der Waals surface area contributed by atoms with Crippen molar-refractivity contribution in [2.45, 2.75) is 6.92 Å². The molecule has 0 saturated carbocycles. The third kappa shape index (κ3) is 6.87. The Labute approximate surface area is 229 Å². The molecule has 1 saturated heterocycles. The van der Waals surface area contributed by atoms with E-state index >= 15 is 0 Å². The first-order valence-corrected chi connectivity index (χ1v) is 12.8. The van der Waals surface area contributed by atoms with Crippen LogP contribution in [0.4, 0.5) is 10.5 Å². The highest BCUT2D eigenvalue weighted by atomic mass is 35.5. The van der Waals surface area contributed by atoms with E-state index in [0.717, 1.165) is 22.2 Å². The molecule has 0 unspecified atom stereocenters. The van der Waals surface area contributed by atoms with Gasteiger partial charge < -0.3 is 19.5 Å². The first-order valence-electron chi connectivity index (χ1n) is 11.6. The van der Waals surface area contributed by atoms with Gasteiger partial charge in [-0.25, -0.2) is 0 Å². The maximum Gasteiger partial charge on any atom is 0.293 e. The highest BCUT2D eigenvalue weighted by Gasteiger charge is 2.34. The van der Waals surface area contributed by atoms with E-state index in [0.29, 0.717) is 33.5 Å². The van der Waals surface area contributed by atoms with Crippen LogP contribution in [0, 0.1) is 6.92 Å². The normalized spacial score (nSPS) is 14.1. The van der Waals surface area contributed by atoms with Gasteiger partial charge in [0, 0.05) is 10.7 Å². The first kappa shape index (κ1) is 27.1. The molecule has 0 aromatic heterocycles. The van der Waals surface area contributed by atoms with Crippen molar-refractivity contribution < 1.29 is 28.6 Å². The van der Waals surface area contributed by atoms with Crippen LogP contribution in [0.1, 0.15) is 11.1 Å². The number of hydrogen-bond acceptors (Lipinski definition) is 7. The summed E-state index contributed by atoms with van der Waals surface area (Å²) in [4.78, 5) is 39.0. The van der Waals surface area contributed by atoms with Gasteiger partial charge in [-0.3, -0.25) is 19.3 Å². The summed E-state index contributed by atoms with van der Waals surface area (Å²) in [5.41, 5.74) is 2.30. The van der Waals surface area contributed by atoms with Crippen LogP contribution >= 0.6 is 23.4 Å². The molecule has 4 rings (SSSR count). The SMILES string of the molecule is COc1cc(/C=C2\SC(=O)N(CCOc3ccc(Cl)cc3)C2=O)ccc1OCC(=O)Nc1ccccc1C. The van der Waals surface area contributed by atoms with Gasteiger partial charge in [-0.2, -0.15) is 0 Å². The van der Waals surface area contributed by atoms with E-state index in [1.54, 1.807) is 48.5 Å². The average molecular weight is 553 g/mol. The van der Waals surface area contributed by atoms with Crippen LogP contribution in [0.5, 0.6) is 17.2 Å². The number of carbonyl (C=O) groups is 3. The van der Waals surface area contributed by atoms with Gasteiger partial charge in [0.2, 0.25) is 0 Å². The minimum absolute atomic E-state index is 0.116. The van der Waals surface area contributed by atoms with Crippen molar-refractivity contribution in [1.29, 1.82) is 0 Å². The largest absolute Gasteiger partial charge is 0.493 e. The van der Waals surface area contributed by atoms with E-state index in [2.05, 4.69) is 5.32 Å². The van der Waals surface area contributed by atoms with Crippen LogP contribution in [-0.2, 0) is 9.59 Å².